The number of hydrogen-bond donors (Lipinski definition) is 1. The summed E-state index contributed by atoms with van der Waals surface area (Å²) >= 11 is 0. The summed E-state index contributed by atoms with van der Waals surface area (Å²) in [6, 6.07) is 8.59. The molecule has 1 N–H and O–H groups in total. The molecular formula is C20H22N4O3. The van der Waals surface area contributed by atoms with E-state index in [1.807, 2.05) is 13.8 Å². The molecule has 7 nitrogen and oxygen atoms in total. The average molecular weight is 366 g/mol. The number of fused-ring (bicyclic) bond motifs is 1. The largest absolute Gasteiger partial charge is 0.339 e. The summed E-state index contributed by atoms with van der Waals surface area (Å²) in [5.74, 6) is -0.302. The van der Waals surface area contributed by atoms with Crippen LogP contribution >= 0.6 is 0 Å². The summed E-state index contributed by atoms with van der Waals surface area (Å²) in [6.45, 7) is 8.77. The van der Waals surface area contributed by atoms with Crippen LogP contribution in [0.15, 0.2) is 34.9 Å². The van der Waals surface area contributed by atoms with E-state index in [1.165, 1.54) is 0 Å². The van der Waals surface area contributed by atoms with Crippen LogP contribution in [0, 0.1) is 13.8 Å². The molecule has 0 saturated heterocycles. The summed E-state index contributed by atoms with van der Waals surface area (Å²) in [6.07, 6.45) is 0. The number of pyridine rings is 1. The number of anilines is 1. The summed E-state index contributed by atoms with van der Waals surface area (Å²) in [4.78, 5) is 31.1. The molecule has 0 saturated carbocycles. The van der Waals surface area contributed by atoms with Gasteiger partial charge in [-0.2, -0.15) is 0 Å². The zero-order valence-corrected chi connectivity index (χ0v) is 15.9. The number of carbonyl (C=O) groups excluding carboxylic acids is 2. The fourth-order valence-corrected chi connectivity index (χ4v) is 2.98. The summed E-state index contributed by atoms with van der Waals surface area (Å²) in [5, 5.41) is 7.35. The minimum absolute atomic E-state index is 0.0237. The molecule has 0 aliphatic rings. The van der Waals surface area contributed by atoms with Crippen molar-refractivity contribution < 1.29 is 14.1 Å². The molecule has 0 unspecified atom stereocenters. The SMILES string of the molecule is CCN(CC)C(=O)c1ccc(NC(=O)c2cc(C)nc3onc(C)c23)cc1. The lowest BCUT2D eigenvalue weighted by Gasteiger charge is -2.18. The summed E-state index contributed by atoms with van der Waals surface area (Å²) in [7, 11) is 0. The van der Waals surface area contributed by atoms with Gasteiger partial charge in [-0.25, -0.2) is 4.98 Å². The fraction of sp³-hybridized carbons (Fsp3) is 0.300. The van der Waals surface area contributed by atoms with Crippen molar-refractivity contribution in [1.29, 1.82) is 0 Å². The van der Waals surface area contributed by atoms with E-state index in [4.69, 9.17) is 4.52 Å². The average Bonchev–Trinajstić information content (AvgIpc) is 3.03. The van der Waals surface area contributed by atoms with Gasteiger partial charge >= 0.3 is 0 Å². The first-order valence-electron chi connectivity index (χ1n) is 8.88. The molecule has 2 aromatic heterocycles. The van der Waals surface area contributed by atoms with Gasteiger partial charge in [-0.15, -0.1) is 0 Å². The fourth-order valence-electron chi connectivity index (χ4n) is 2.98. The van der Waals surface area contributed by atoms with Crippen molar-refractivity contribution in [3.8, 4) is 0 Å². The first-order valence-corrected chi connectivity index (χ1v) is 8.88. The highest BCUT2D eigenvalue weighted by Gasteiger charge is 2.18. The third-order valence-electron chi connectivity index (χ3n) is 4.43. The molecule has 0 bridgehead atoms. The second-order valence-electron chi connectivity index (χ2n) is 6.27. The molecule has 3 rings (SSSR count). The predicted octanol–water partition coefficient (Wildman–Crippen LogP) is 3.57. The van der Waals surface area contributed by atoms with Crippen LogP contribution in [0.4, 0.5) is 5.69 Å². The normalized spacial score (nSPS) is 10.8. The molecule has 0 aliphatic carbocycles. The summed E-state index contributed by atoms with van der Waals surface area (Å²) in [5.41, 5.74) is 3.28. The van der Waals surface area contributed by atoms with Gasteiger partial charge < -0.3 is 14.7 Å². The molecule has 27 heavy (non-hydrogen) atoms. The number of aryl methyl sites for hydroxylation is 2. The van der Waals surface area contributed by atoms with Gasteiger partial charge in [-0.1, -0.05) is 5.16 Å². The third kappa shape index (κ3) is 3.67. The number of amides is 2. The van der Waals surface area contributed by atoms with Crippen molar-refractivity contribution in [2.24, 2.45) is 0 Å². The zero-order chi connectivity index (χ0) is 19.6. The molecule has 1 aromatic carbocycles. The molecule has 2 amide bonds. The Morgan fingerprint density at radius 1 is 1.11 bits per heavy atom. The van der Waals surface area contributed by atoms with Crippen molar-refractivity contribution in [2.75, 3.05) is 18.4 Å². The first-order chi connectivity index (χ1) is 12.9. The number of benzene rings is 1. The van der Waals surface area contributed by atoms with Crippen LogP contribution in [0.1, 0.15) is 46.0 Å². The van der Waals surface area contributed by atoms with E-state index in [0.717, 1.165) is 0 Å². The highest BCUT2D eigenvalue weighted by Crippen LogP contribution is 2.23. The van der Waals surface area contributed by atoms with Crippen LogP contribution in [0.5, 0.6) is 0 Å². The quantitative estimate of drug-likeness (QED) is 0.746. The molecule has 0 spiro atoms. The Bertz CT molecular complexity index is 988. The van der Waals surface area contributed by atoms with Crippen molar-refractivity contribution in [3.63, 3.8) is 0 Å². The van der Waals surface area contributed by atoms with Gasteiger partial charge in [0.1, 0.15) is 0 Å². The number of carbonyl (C=O) groups is 2. The summed E-state index contributed by atoms with van der Waals surface area (Å²) < 4.78 is 5.17. The Labute approximate surface area is 157 Å². The maximum Gasteiger partial charge on any atom is 0.258 e. The molecule has 2 heterocycles. The predicted molar refractivity (Wildman–Crippen MR) is 103 cm³/mol. The first kappa shape index (κ1) is 18.6. The van der Waals surface area contributed by atoms with Crippen molar-refractivity contribution >= 4 is 28.6 Å². The Morgan fingerprint density at radius 2 is 1.78 bits per heavy atom. The molecule has 0 aliphatic heterocycles. The number of nitrogens with one attached hydrogen (secondary N) is 1. The standard InChI is InChI=1S/C20H22N4O3/c1-5-24(6-2)20(26)14-7-9-15(10-8-14)22-18(25)16-11-12(3)21-19-17(16)13(4)23-27-19/h7-11H,5-6H2,1-4H3,(H,22,25). The van der Waals surface area contributed by atoms with Gasteiger partial charge in [0.15, 0.2) is 0 Å². The highest BCUT2D eigenvalue weighted by atomic mass is 16.5. The van der Waals surface area contributed by atoms with E-state index in [0.29, 0.717) is 52.4 Å². The van der Waals surface area contributed by atoms with Crippen LogP contribution in [-0.4, -0.2) is 39.9 Å². The van der Waals surface area contributed by atoms with Gasteiger partial charge in [0.25, 0.3) is 17.5 Å². The number of aromatic nitrogens is 2. The van der Waals surface area contributed by atoms with E-state index >= 15 is 0 Å². The van der Waals surface area contributed by atoms with Crippen LogP contribution in [0.25, 0.3) is 11.1 Å². The third-order valence-corrected chi connectivity index (χ3v) is 4.43. The smallest absolute Gasteiger partial charge is 0.258 e. The van der Waals surface area contributed by atoms with Gasteiger partial charge in [0.05, 0.1) is 16.6 Å². The number of hydrogen-bond acceptors (Lipinski definition) is 5. The molecule has 140 valence electrons. The van der Waals surface area contributed by atoms with E-state index in [1.54, 1.807) is 49.1 Å². The van der Waals surface area contributed by atoms with Gasteiger partial charge in [-0.3, -0.25) is 9.59 Å². The monoisotopic (exact) mass is 366 g/mol. The minimum atomic E-state index is -0.278. The Morgan fingerprint density at radius 3 is 2.41 bits per heavy atom. The van der Waals surface area contributed by atoms with Crippen LogP contribution in [-0.2, 0) is 0 Å². The lowest BCUT2D eigenvalue weighted by Crippen LogP contribution is -2.30. The Hall–Kier alpha value is -3.22. The lowest BCUT2D eigenvalue weighted by atomic mass is 10.1. The number of rotatable bonds is 5. The molecule has 0 radical (unpaired) electrons. The maximum atomic E-state index is 12.8. The molecule has 7 heteroatoms. The van der Waals surface area contributed by atoms with E-state index in [-0.39, 0.29) is 11.8 Å². The van der Waals surface area contributed by atoms with Crippen molar-refractivity contribution in [2.45, 2.75) is 27.7 Å². The topological polar surface area (TPSA) is 88.3 Å². The van der Waals surface area contributed by atoms with Crippen LogP contribution in [0.2, 0.25) is 0 Å². The Kier molecular flexibility index (Phi) is 5.21. The molecule has 3 aromatic rings. The molecule has 0 atom stereocenters. The molecular weight excluding hydrogens is 344 g/mol. The molecule has 0 fully saturated rings. The second kappa shape index (κ2) is 7.57. The number of nitrogens with zero attached hydrogens (tertiary/aromatic N) is 3. The Balaban J connectivity index is 1.83. The van der Waals surface area contributed by atoms with Gasteiger partial charge in [0.2, 0.25) is 0 Å². The van der Waals surface area contributed by atoms with Crippen molar-refractivity contribution in [1.82, 2.24) is 15.0 Å². The van der Waals surface area contributed by atoms with E-state index in [2.05, 4.69) is 15.5 Å². The second-order valence-corrected chi connectivity index (χ2v) is 6.27. The van der Waals surface area contributed by atoms with E-state index in [9.17, 15) is 9.59 Å². The van der Waals surface area contributed by atoms with Crippen LogP contribution in [0.3, 0.4) is 0 Å². The zero-order valence-electron chi connectivity index (χ0n) is 15.9. The van der Waals surface area contributed by atoms with Crippen LogP contribution < -0.4 is 5.32 Å². The van der Waals surface area contributed by atoms with Gasteiger partial charge in [0, 0.05) is 30.0 Å². The minimum Gasteiger partial charge on any atom is -0.339 e. The lowest BCUT2D eigenvalue weighted by molar-refractivity contribution is 0.0773. The van der Waals surface area contributed by atoms with E-state index < -0.39 is 0 Å². The van der Waals surface area contributed by atoms with Crippen molar-refractivity contribution in [3.05, 3.63) is 52.8 Å². The highest BCUT2D eigenvalue weighted by molar-refractivity contribution is 6.12. The van der Waals surface area contributed by atoms with Gasteiger partial charge in [-0.05, 0) is 58.0 Å². The maximum absolute atomic E-state index is 12.8.